The van der Waals surface area contributed by atoms with Gasteiger partial charge in [0, 0.05) is 42.5 Å². The van der Waals surface area contributed by atoms with Crippen molar-refractivity contribution in [3.05, 3.63) is 0 Å². The van der Waals surface area contributed by atoms with Gasteiger partial charge in [-0.3, -0.25) is 4.90 Å². The zero-order chi connectivity index (χ0) is 50.8. The molecule has 4 aliphatic heterocycles. The van der Waals surface area contributed by atoms with Gasteiger partial charge in [-0.15, -0.1) is 5.92 Å². The fourth-order valence-corrected chi connectivity index (χ4v) is 9.41. The largest absolute Gasteiger partial charge is 0.396 e. The smallest absolute Gasteiger partial charge is 0.112 e. The highest BCUT2D eigenvalue weighted by atomic mass is 32.2. The van der Waals surface area contributed by atoms with Crippen molar-refractivity contribution in [2.45, 2.75) is 174 Å². The quantitative estimate of drug-likeness (QED) is 0.0960. The van der Waals surface area contributed by atoms with E-state index in [2.05, 4.69) is 128 Å². The fraction of sp³-hybridized carbons (Fsp3) is 0.962. The first-order chi connectivity index (χ1) is 29.9. The van der Waals surface area contributed by atoms with Gasteiger partial charge in [0.15, 0.2) is 0 Å². The Morgan fingerprint density at radius 1 is 0.585 bits per heavy atom. The molecule has 0 aromatic rings. The molecule has 0 amide bonds. The Morgan fingerprint density at radius 3 is 1.42 bits per heavy atom. The summed E-state index contributed by atoms with van der Waals surface area (Å²) in [7, 11) is 0. The zero-order valence-corrected chi connectivity index (χ0v) is 45.5. The molecule has 0 bridgehead atoms. The highest BCUT2D eigenvalue weighted by molar-refractivity contribution is 7.99. The van der Waals surface area contributed by atoms with Crippen molar-refractivity contribution in [3.8, 4) is 11.8 Å². The Balaban J connectivity index is 0. The summed E-state index contributed by atoms with van der Waals surface area (Å²) < 4.78 is 16.3. The van der Waals surface area contributed by atoms with Gasteiger partial charge in [0.25, 0.3) is 0 Å². The summed E-state index contributed by atoms with van der Waals surface area (Å²) in [5.74, 6) is 9.86. The van der Waals surface area contributed by atoms with E-state index >= 15 is 0 Å². The molecule has 8 atom stereocenters. The van der Waals surface area contributed by atoms with E-state index in [-0.39, 0.29) is 79.1 Å². The Morgan fingerprint density at radius 2 is 1.11 bits per heavy atom. The van der Waals surface area contributed by atoms with Gasteiger partial charge >= 0.3 is 0 Å². The van der Waals surface area contributed by atoms with Gasteiger partial charge in [-0.2, -0.15) is 11.8 Å². The van der Waals surface area contributed by atoms with Gasteiger partial charge in [-0.05, 0) is 71.0 Å². The number of ether oxygens (including phenoxy) is 3. The lowest BCUT2D eigenvalue weighted by molar-refractivity contribution is 0.00966. The number of thioether (sulfide) groups is 1. The summed E-state index contributed by atoms with van der Waals surface area (Å²) in [4.78, 5) is 2.09. The summed E-state index contributed by atoms with van der Waals surface area (Å²) >= 11 is 1.87. The average molecular weight is 952 g/mol. The third-order valence-electron chi connectivity index (χ3n) is 12.5. The lowest BCUT2D eigenvalue weighted by Crippen LogP contribution is -2.34. The molecule has 4 rings (SSSR count). The number of rotatable bonds is 12. The van der Waals surface area contributed by atoms with E-state index in [1.54, 1.807) is 0 Å². The van der Waals surface area contributed by atoms with Crippen molar-refractivity contribution in [2.24, 2.45) is 56.7 Å². The summed E-state index contributed by atoms with van der Waals surface area (Å²) in [6, 6.07) is 0. The van der Waals surface area contributed by atoms with Crippen molar-refractivity contribution in [3.63, 3.8) is 0 Å². The van der Waals surface area contributed by atoms with Gasteiger partial charge in [0.2, 0.25) is 0 Å². The van der Waals surface area contributed by atoms with Crippen molar-refractivity contribution >= 4 is 11.8 Å². The fourth-order valence-electron chi connectivity index (χ4n) is 7.82. The minimum atomic E-state index is -0.419. The van der Waals surface area contributed by atoms with E-state index in [9.17, 15) is 15.3 Å². The second-order valence-corrected chi connectivity index (χ2v) is 24.8. The molecular formula is C52H105NO11S. The number of aliphatic hydroxyl groups is 8. The molecule has 4 heterocycles. The van der Waals surface area contributed by atoms with Crippen molar-refractivity contribution in [1.29, 1.82) is 0 Å². The molecule has 0 unspecified atom stereocenters. The summed E-state index contributed by atoms with van der Waals surface area (Å²) in [5.41, 5.74) is 0.736. The summed E-state index contributed by atoms with van der Waals surface area (Å²) in [6.07, 6.45) is 3.02. The highest BCUT2D eigenvalue weighted by Crippen LogP contribution is 2.41. The van der Waals surface area contributed by atoms with E-state index in [1.807, 2.05) is 18.7 Å². The molecule has 4 fully saturated rings. The first-order valence-corrected chi connectivity index (χ1v) is 25.7. The van der Waals surface area contributed by atoms with Crippen LogP contribution in [0, 0.1) is 68.5 Å². The molecule has 0 aliphatic carbocycles. The first-order valence-electron chi connectivity index (χ1n) is 24.5. The Bertz CT molecular complexity index is 1180. The summed E-state index contributed by atoms with van der Waals surface area (Å²) in [6.45, 7) is 41.8. The highest BCUT2D eigenvalue weighted by Gasteiger charge is 2.50. The van der Waals surface area contributed by atoms with E-state index < -0.39 is 6.10 Å². The third-order valence-corrected chi connectivity index (χ3v) is 13.6. The number of aliphatic hydroxyl groups excluding tert-OH is 8. The second-order valence-electron chi connectivity index (χ2n) is 23.8. The first kappa shape index (κ1) is 66.5. The van der Waals surface area contributed by atoms with Crippen LogP contribution in [-0.2, 0) is 14.2 Å². The van der Waals surface area contributed by atoms with Gasteiger partial charge in [-0.1, -0.05) is 124 Å². The van der Waals surface area contributed by atoms with Crippen molar-refractivity contribution in [1.82, 2.24) is 4.90 Å². The molecule has 13 heteroatoms. The normalized spacial score (nSPS) is 25.4. The van der Waals surface area contributed by atoms with Crippen LogP contribution in [0.2, 0.25) is 0 Å². The Hall–Kier alpha value is -0.570. The second kappa shape index (κ2) is 33.1. The molecular weight excluding hydrogens is 847 g/mol. The van der Waals surface area contributed by atoms with Gasteiger partial charge in [0.05, 0.1) is 71.2 Å². The van der Waals surface area contributed by atoms with E-state index in [0.717, 1.165) is 50.3 Å². The molecule has 0 aromatic carbocycles. The van der Waals surface area contributed by atoms with Crippen LogP contribution in [0.4, 0.5) is 0 Å². The van der Waals surface area contributed by atoms with Crippen molar-refractivity contribution in [2.75, 3.05) is 90.6 Å². The lowest BCUT2D eigenvalue weighted by atomic mass is 9.78. The number of nitrogens with zero attached hydrogens (tertiary/aromatic N) is 1. The van der Waals surface area contributed by atoms with Crippen LogP contribution >= 0.6 is 11.8 Å². The maximum Gasteiger partial charge on any atom is 0.112 e. The molecule has 0 aromatic heterocycles. The molecule has 0 spiro atoms. The standard InChI is InChI=1S/C10H23NO2.C10H18O3.C9H20O2.C8H16O2.C8H16OS.C7H12O/c1-10(2,3)4-5-11(6-8-12)7-9-13;1-10(2,3)6-4-12-9-7(11)5-13-8(6)9;1-4-9(6-10,7-11)5-8(2)3;2*1-8(2,3)6-4-10-5-7(6)9;1-7(2)5-3-4-6-8/h12-13H,4-9H2,1-3H3;6-9,11H,4-5H2,1-3H3;8,10-11H,4-7H2,1-3H3;2*6-7,9H,4-5H2,1-3H3;7-8H,5-6H2,1-2H3/t;6-,7-,8-,9-;;2*6-,7-;/m.1.11./s1. The van der Waals surface area contributed by atoms with Crippen LogP contribution in [-0.4, -0.2) is 167 Å². The topological polar surface area (TPSA) is 193 Å². The van der Waals surface area contributed by atoms with E-state index in [4.69, 9.17) is 39.7 Å². The monoisotopic (exact) mass is 952 g/mol. The molecule has 4 aliphatic rings. The van der Waals surface area contributed by atoms with Crippen LogP contribution in [0.1, 0.15) is 143 Å². The Kier molecular flexibility index (Phi) is 33.9. The number of hydrogen-bond acceptors (Lipinski definition) is 13. The van der Waals surface area contributed by atoms with Gasteiger partial charge in [-0.25, -0.2) is 0 Å². The van der Waals surface area contributed by atoms with Crippen LogP contribution in [0.3, 0.4) is 0 Å². The molecule has 4 saturated heterocycles. The predicted octanol–water partition coefficient (Wildman–Crippen LogP) is 6.75. The molecule has 12 nitrogen and oxygen atoms in total. The third kappa shape index (κ3) is 29.3. The van der Waals surface area contributed by atoms with Crippen molar-refractivity contribution < 1.29 is 55.1 Å². The molecule has 0 radical (unpaired) electrons. The van der Waals surface area contributed by atoms with Crippen LogP contribution in [0.25, 0.3) is 0 Å². The van der Waals surface area contributed by atoms with E-state index in [1.165, 1.54) is 0 Å². The maximum atomic E-state index is 9.53. The average Bonchev–Trinajstić information content (AvgIpc) is 4.00. The SMILES string of the molecule is CC(C)(C)CCN(CCO)CCO.CC(C)(C)[C@@H]1COC[C@H]1O.CC(C)(C)[C@@H]1CO[C@H]2[C@@H]1OC[C@H]2O.CC(C)(C)[C@@H]1CSC[C@H]1O.CC(C)CC#CCO.CCC(CO)(CO)CC(C)C. The minimum absolute atomic E-state index is 0.00722. The lowest BCUT2D eigenvalue weighted by Gasteiger charge is -2.29. The Labute approximate surface area is 403 Å². The predicted molar refractivity (Wildman–Crippen MR) is 270 cm³/mol. The van der Waals surface area contributed by atoms with Crippen LogP contribution < -0.4 is 0 Å². The van der Waals surface area contributed by atoms with Gasteiger partial charge in [0.1, 0.15) is 18.8 Å². The molecule has 390 valence electrons. The molecule has 0 saturated carbocycles. The molecule has 65 heavy (non-hydrogen) atoms. The minimum Gasteiger partial charge on any atom is -0.396 e. The van der Waals surface area contributed by atoms with Gasteiger partial charge < -0.3 is 55.1 Å². The maximum absolute atomic E-state index is 9.53. The zero-order valence-electron chi connectivity index (χ0n) is 44.7. The number of fused-ring (bicyclic) bond motifs is 1. The van der Waals surface area contributed by atoms with Crippen LogP contribution in [0.15, 0.2) is 0 Å². The number of hydrogen-bond donors (Lipinski definition) is 8. The van der Waals surface area contributed by atoms with E-state index in [0.29, 0.717) is 67.9 Å². The van der Waals surface area contributed by atoms with Crippen LogP contribution in [0.5, 0.6) is 0 Å². The summed E-state index contributed by atoms with van der Waals surface area (Å²) in [5, 5.41) is 72.3. The molecule has 8 N–H and O–H groups in total.